The molecule has 0 aliphatic heterocycles. The summed E-state index contributed by atoms with van der Waals surface area (Å²) in [6, 6.07) is -0.322. The Balaban J connectivity index is 4.45. The molecule has 0 aromatic rings. The van der Waals surface area contributed by atoms with Crippen molar-refractivity contribution in [3.05, 3.63) is 0 Å². The fourth-order valence-corrected chi connectivity index (χ4v) is 3.20. The summed E-state index contributed by atoms with van der Waals surface area (Å²) in [4.78, 5) is 0. The van der Waals surface area contributed by atoms with Crippen molar-refractivity contribution in [1.82, 2.24) is 4.72 Å². The van der Waals surface area contributed by atoms with E-state index in [0.29, 0.717) is 6.42 Å². The second kappa shape index (κ2) is 10.6. The van der Waals surface area contributed by atoms with E-state index in [9.17, 15) is 13.5 Å². The lowest BCUT2D eigenvalue weighted by atomic mass is 10.0. The molecule has 0 saturated heterocycles. The van der Waals surface area contributed by atoms with Crippen molar-refractivity contribution in [3.63, 3.8) is 0 Å². The van der Waals surface area contributed by atoms with Gasteiger partial charge in [-0.2, -0.15) is 0 Å². The number of aliphatic hydroxyl groups is 2. The fourth-order valence-electron chi connectivity index (χ4n) is 2.20. The molecule has 134 valence electrons. The van der Waals surface area contributed by atoms with Gasteiger partial charge < -0.3 is 10.2 Å². The Morgan fingerprint density at radius 3 is 2.09 bits per heavy atom. The molecule has 2 atom stereocenters. The molecule has 22 heavy (non-hydrogen) atoms. The van der Waals surface area contributed by atoms with Crippen LogP contribution in [-0.4, -0.2) is 42.1 Å². The highest BCUT2D eigenvalue weighted by atomic mass is 32.2. The minimum absolute atomic E-state index is 0.251. The zero-order chi connectivity index (χ0) is 17.2. The van der Waals surface area contributed by atoms with Crippen LogP contribution in [0.15, 0.2) is 0 Å². The SMILES string of the molecule is CCCCCCCC[C@H](C[C@@H](O)CO)NS(=O)(=O)C(C)(C)C. The lowest BCUT2D eigenvalue weighted by Crippen LogP contribution is -2.46. The highest BCUT2D eigenvalue weighted by molar-refractivity contribution is 7.90. The van der Waals surface area contributed by atoms with Crippen LogP contribution in [0.25, 0.3) is 0 Å². The minimum atomic E-state index is -3.44. The highest BCUT2D eigenvalue weighted by Crippen LogP contribution is 2.18. The number of hydrogen-bond acceptors (Lipinski definition) is 4. The molecule has 0 radical (unpaired) electrons. The molecule has 0 aromatic heterocycles. The first-order valence-corrected chi connectivity index (χ1v) is 9.93. The van der Waals surface area contributed by atoms with Gasteiger partial charge in [0.15, 0.2) is 0 Å². The van der Waals surface area contributed by atoms with Crippen LogP contribution < -0.4 is 4.72 Å². The molecule has 0 aromatic carbocycles. The number of aliphatic hydroxyl groups excluding tert-OH is 2. The third-order valence-electron chi connectivity index (χ3n) is 3.80. The fraction of sp³-hybridized carbons (Fsp3) is 1.00. The molecule has 0 saturated carbocycles. The van der Waals surface area contributed by atoms with Crippen LogP contribution in [0.2, 0.25) is 0 Å². The van der Waals surface area contributed by atoms with Gasteiger partial charge in [-0.05, 0) is 33.6 Å². The average molecular weight is 338 g/mol. The summed E-state index contributed by atoms with van der Waals surface area (Å²) < 4.78 is 26.3. The normalized spacial score (nSPS) is 15.7. The van der Waals surface area contributed by atoms with Gasteiger partial charge in [-0.25, -0.2) is 13.1 Å². The zero-order valence-corrected chi connectivity index (χ0v) is 15.5. The van der Waals surface area contributed by atoms with Crippen LogP contribution >= 0.6 is 0 Å². The summed E-state index contributed by atoms with van der Waals surface area (Å²) in [6.45, 7) is 6.79. The van der Waals surface area contributed by atoms with Gasteiger partial charge in [0, 0.05) is 6.04 Å². The van der Waals surface area contributed by atoms with Gasteiger partial charge in [0.2, 0.25) is 10.0 Å². The zero-order valence-electron chi connectivity index (χ0n) is 14.6. The maximum Gasteiger partial charge on any atom is 0.216 e. The average Bonchev–Trinajstić information content (AvgIpc) is 2.40. The van der Waals surface area contributed by atoms with Crippen LogP contribution in [0.4, 0.5) is 0 Å². The Kier molecular flexibility index (Phi) is 10.5. The van der Waals surface area contributed by atoms with Gasteiger partial charge >= 0.3 is 0 Å². The first-order valence-electron chi connectivity index (χ1n) is 8.44. The molecule has 6 heteroatoms. The van der Waals surface area contributed by atoms with Gasteiger partial charge in [-0.3, -0.25) is 0 Å². The van der Waals surface area contributed by atoms with Crippen molar-refractivity contribution < 1.29 is 18.6 Å². The van der Waals surface area contributed by atoms with E-state index < -0.39 is 20.9 Å². The van der Waals surface area contributed by atoms with Gasteiger partial charge in [0.25, 0.3) is 0 Å². The topological polar surface area (TPSA) is 86.6 Å². The van der Waals surface area contributed by atoms with E-state index in [4.69, 9.17) is 5.11 Å². The molecule has 0 rings (SSSR count). The third kappa shape index (κ3) is 9.08. The van der Waals surface area contributed by atoms with E-state index >= 15 is 0 Å². The van der Waals surface area contributed by atoms with E-state index in [2.05, 4.69) is 11.6 Å². The van der Waals surface area contributed by atoms with E-state index in [1.165, 1.54) is 19.3 Å². The van der Waals surface area contributed by atoms with Gasteiger partial charge in [-0.1, -0.05) is 45.4 Å². The molecule has 0 aliphatic carbocycles. The van der Waals surface area contributed by atoms with Gasteiger partial charge in [0.1, 0.15) is 0 Å². The summed E-state index contributed by atoms with van der Waals surface area (Å²) in [6.07, 6.45) is 6.89. The van der Waals surface area contributed by atoms with E-state index in [1.54, 1.807) is 20.8 Å². The Labute approximate surface area is 136 Å². The lowest BCUT2D eigenvalue weighted by Gasteiger charge is -2.26. The van der Waals surface area contributed by atoms with Crippen LogP contribution in [0.3, 0.4) is 0 Å². The summed E-state index contributed by atoms with van der Waals surface area (Å²) >= 11 is 0. The molecule has 0 heterocycles. The van der Waals surface area contributed by atoms with Crippen LogP contribution in [0.5, 0.6) is 0 Å². The molecule has 5 nitrogen and oxygen atoms in total. The molecular weight excluding hydrogens is 302 g/mol. The van der Waals surface area contributed by atoms with Crippen molar-refractivity contribution in [2.75, 3.05) is 6.61 Å². The van der Waals surface area contributed by atoms with Crippen molar-refractivity contribution >= 4 is 10.0 Å². The Morgan fingerprint density at radius 2 is 1.59 bits per heavy atom. The van der Waals surface area contributed by atoms with E-state index in [1.807, 2.05) is 0 Å². The quantitative estimate of drug-likeness (QED) is 0.478. The van der Waals surface area contributed by atoms with Crippen LogP contribution in [-0.2, 0) is 10.0 Å². The number of rotatable bonds is 12. The Hall–Kier alpha value is -0.170. The standard InChI is InChI=1S/C16H35NO4S/c1-5-6-7-8-9-10-11-14(12-15(19)13-18)17-22(20,21)16(2,3)4/h14-15,17-19H,5-13H2,1-4H3/t14-,15-/m1/s1. The Bertz CT molecular complexity index is 376. The largest absolute Gasteiger partial charge is 0.394 e. The highest BCUT2D eigenvalue weighted by Gasteiger charge is 2.31. The van der Waals surface area contributed by atoms with E-state index in [-0.39, 0.29) is 19.1 Å². The summed E-state index contributed by atoms with van der Waals surface area (Å²) in [5, 5.41) is 18.6. The number of sulfonamides is 1. The smallest absolute Gasteiger partial charge is 0.216 e. The third-order valence-corrected chi connectivity index (χ3v) is 6.06. The first kappa shape index (κ1) is 21.8. The van der Waals surface area contributed by atoms with Crippen molar-refractivity contribution in [2.45, 2.75) is 96.0 Å². The molecule has 0 bridgehead atoms. The molecule has 0 aliphatic rings. The van der Waals surface area contributed by atoms with Crippen molar-refractivity contribution in [1.29, 1.82) is 0 Å². The minimum Gasteiger partial charge on any atom is -0.394 e. The predicted molar refractivity (Wildman–Crippen MR) is 91.3 cm³/mol. The molecule has 3 N–H and O–H groups in total. The van der Waals surface area contributed by atoms with Crippen LogP contribution in [0, 0.1) is 0 Å². The number of nitrogens with one attached hydrogen (secondary N) is 1. The molecule has 0 spiro atoms. The summed E-state index contributed by atoms with van der Waals surface area (Å²) in [5.74, 6) is 0. The monoisotopic (exact) mass is 337 g/mol. The van der Waals surface area contributed by atoms with Gasteiger partial charge in [0.05, 0.1) is 17.5 Å². The maximum atomic E-state index is 12.3. The molecular formula is C16H35NO4S. The molecule has 0 fully saturated rings. The summed E-state index contributed by atoms with van der Waals surface area (Å²) in [5.41, 5.74) is 0. The number of unbranched alkanes of at least 4 members (excludes halogenated alkanes) is 5. The van der Waals surface area contributed by atoms with Gasteiger partial charge in [-0.15, -0.1) is 0 Å². The van der Waals surface area contributed by atoms with Crippen LogP contribution in [0.1, 0.15) is 79.1 Å². The molecule has 0 unspecified atom stereocenters. The molecule has 0 amide bonds. The number of hydrogen-bond donors (Lipinski definition) is 3. The summed E-state index contributed by atoms with van der Waals surface area (Å²) in [7, 11) is -3.44. The van der Waals surface area contributed by atoms with Crippen molar-refractivity contribution in [2.24, 2.45) is 0 Å². The first-order chi connectivity index (χ1) is 10.1. The predicted octanol–water partition coefficient (Wildman–Crippen LogP) is 2.57. The lowest BCUT2D eigenvalue weighted by molar-refractivity contribution is 0.0801. The Morgan fingerprint density at radius 1 is 1.05 bits per heavy atom. The van der Waals surface area contributed by atoms with Crippen molar-refractivity contribution in [3.8, 4) is 0 Å². The van der Waals surface area contributed by atoms with E-state index in [0.717, 1.165) is 19.3 Å². The second-order valence-electron chi connectivity index (χ2n) is 7.06. The maximum absolute atomic E-state index is 12.3. The second-order valence-corrected chi connectivity index (χ2v) is 9.53.